The van der Waals surface area contributed by atoms with Crippen LogP contribution in [0.2, 0.25) is 0 Å². The lowest BCUT2D eigenvalue weighted by atomic mass is 9.98. The van der Waals surface area contributed by atoms with Gasteiger partial charge in [0.15, 0.2) is 0 Å². The predicted molar refractivity (Wildman–Crippen MR) is 68.3 cm³/mol. The van der Waals surface area contributed by atoms with Gasteiger partial charge in [-0.1, -0.05) is 0 Å². The van der Waals surface area contributed by atoms with E-state index in [-0.39, 0.29) is 0 Å². The van der Waals surface area contributed by atoms with Gasteiger partial charge in [-0.05, 0) is 32.3 Å². The van der Waals surface area contributed by atoms with Gasteiger partial charge in [0, 0.05) is 26.3 Å². The minimum absolute atomic E-state index is 0.534. The maximum atomic E-state index is 10.0. The molecule has 2 heterocycles. The first-order chi connectivity index (χ1) is 8.11. The Hall–Kier alpha value is -1.36. The van der Waals surface area contributed by atoms with Gasteiger partial charge in [-0.2, -0.15) is 4.98 Å². The van der Waals surface area contributed by atoms with Crippen LogP contribution in [0.25, 0.3) is 0 Å². The third-order valence-electron chi connectivity index (χ3n) is 3.25. The molecule has 0 aromatic carbocycles. The first-order valence-corrected chi connectivity index (χ1v) is 6.09. The summed E-state index contributed by atoms with van der Waals surface area (Å²) in [6.07, 6.45) is 4.39. The average molecular weight is 236 g/mol. The zero-order valence-corrected chi connectivity index (χ0v) is 10.5. The van der Waals surface area contributed by atoms with Crippen LogP contribution in [0.1, 0.15) is 26.2 Å². The first kappa shape index (κ1) is 12.1. The summed E-state index contributed by atoms with van der Waals surface area (Å²) in [5, 5.41) is 13.0. The summed E-state index contributed by atoms with van der Waals surface area (Å²) in [6.45, 7) is 3.69. The molecule has 1 unspecified atom stereocenters. The molecule has 0 spiro atoms. The number of nitrogens with one attached hydrogen (secondary N) is 1. The second kappa shape index (κ2) is 4.87. The van der Waals surface area contributed by atoms with E-state index in [0.29, 0.717) is 5.95 Å². The summed E-state index contributed by atoms with van der Waals surface area (Å²) in [6, 6.07) is 1.92. The van der Waals surface area contributed by atoms with Crippen molar-refractivity contribution in [1.82, 2.24) is 9.97 Å². The molecule has 17 heavy (non-hydrogen) atoms. The van der Waals surface area contributed by atoms with E-state index in [0.717, 1.165) is 38.2 Å². The van der Waals surface area contributed by atoms with Crippen molar-refractivity contribution in [2.75, 3.05) is 30.4 Å². The molecule has 0 radical (unpaired) electrons. The van der Waals surface area contributed by atoms with E-state index in [4.69, 9.17) is 0 Å². The van der Waals surface area contributed by atoms with Crippen molar-refractivity contribution in [3.63, 3.8) is 0 Å². The third-order valence-corrected chi connectivity index (χ3v) is 3.25. The van der Waals surface area contributed by atoms with Gasteiger partial charge in [0.05, 0.1) is 5.60 Å². The highest BCUT2D eigenvalue weighted by atomic mass is 16.3. The fourth-order valence-corrected chi connectivity index (χ4v) is 2.14. The predicted octanol–water partition coefficient (Wildman–Crippen LogP) is 1.26. The number of anilines is 2. The Kier molecular flexibility index (Phi) is 3.47. The van der Waals surface area contributed by atoms with Crippen molar-refractivity contribution >= 4 is 11.8 Å². The van der Waals surface area contributed by atoms with Gasteiger partial charge in [0.2, 0.25) is 5.95 Å². The van der Waals surface area contributed by atoms with Crippen LogP contribution in [-0.4, -0.2) is 40.8 Å². The van der Waals surface area contributed by atoms with Crippen LogP contribution in [-0.2, 0) is 0 Å². The molecule has 94 valence electrons. The molecule has 1 aliphatic heterocycles. The minimum atomic E-state index is -0.534. The smallest absolute Gasteiger partial charge is 0.224 e. The SMILES string of the molecule is CNc1nccc(N2CCCC(C)(O)CC2)n1. The number of hydrogen-bond donors (Lipinski definition) is 2. The molecule has 1 atom stereocenters. The quantitative estimate of drug-likeness (QED) is 0.809. The van der Waals surface area contributed by atoms with E-state index in [2.05, 4.69) is 20.2 Å². The van der Waals surface area contributed by atoms with Gasteiger partial charge in [0.25, 0.3) is 0 Å². The third kappa shape index (κ3) is 3.06. The van der Waals surface area contributed by atoms with Crippen molar-refractivity contribution in [2.24, 2.45) is 0 Å². The Morgan fingerprint density at radius 1 is 1.41 bits per heavy atom. The van der Waals surface area contributed by atoms with Crippen molar-refractivity contribution < 1.29 is 5.11 Å². The highest BCUT2D eigenvalue weighted by Crippen LogP contribution is 2.24. The van der Waals surface area contributed by atoms with Crippen LogP contribution in [0.15, 0.2) is 12.3 Å². The summed E-state index contributed by atoms with van der Waals surface area (Å²) in [4.78, 5) is 10.7. The minimum Gasteiger partial charge on any atom is -0.390 e. The Morgan fingerprint density at radius 2 is 2.24 bits per heavy atom. The highest BCUT2D eigenvalue weighted by molar-refractivity contribution is 5.42. The summed E-state index contributed by atoms with van der Waals surface area (Å²) in [5.74, 6) is 1.57. The number of hydrogen-bond acceptors (Lipinski definition) is 5. The molecule has 1 fully saturated rings. The number of nitrogens with zero attached hydrogens (tertiary/aromatic N) is 3. The topological polar surface area (TPSA) is 61.3 Å². The lowest BCUT2D eigenvalue weighted by molar-refractivity contribution is 0.0481. The monoisotopic (exact) mass is 236 g/mol. The Bertz CT molecular complexity index is 381. The summed E-state index contributed by atoms with van der Waals surface area (Å²) in [5.41, 5.74) is -0.534. The second-order valence-electron chi connectivity index (χ2n) is 4.83. The molecule has 2 rings (SSSR count). The summed E-state index contributed by atoms with van der Waals surface area (Å²) < 4.78 is 0. The van der Waals surface area contributed by atoms with Gasteiger partial charge in [0.1, 0.15) is 5.82 Å². The molecule has 0 bridgehead atoms. The van der Waals surface area contributed by atoms with E-state index in [9.17, 15) is 5.11 Å². The number of rotatable bonds is 2. The van der Waals surface area contributed by atoms with E-state index < -0.39 is 5.60 Å². The molecule has 0 aliphatic carbocycles. The molecule has 5 heteroatoms. The van der Waals surface area contributed by atoms with E-state index in [1.807, 2.05) is 20.0 Å². The molecule has 2 N–H and O–H groups in total. The number of aromatic nitrogens is 2. The standard InChI is InChI=1S/C12H20N4O/c1-12(17)5-3-8-16(9-6-12)10-4-7-14-11(13-2)15-10/h4,7,17H,3,5-6,8-9H2,1-2H3,(H,13,14,15). The van der Waals surface area contributed by atoms with Crippen LogP contribution in [0.3, 0.4) is 0 Å². The Labute approximate surface area is 102 Å². The van der Waals surface area contributed by atoms with Crippen LogP contribution in [0.4, 0.5) is 11.8 Å². The fraction of sp³-hybridized carbons (Fsp3) is 0.667. The molecule has 1 aromatic rings. The lowest BCUT2D eigenvalue weighted by Gasteiger charge is -2.23. The van der Waals surface area contributed by atoms with Crippen molar-refractivity contribution in [1.29, 1.82) is 0 Å². The Morgan fingerprint density at radius 3 is 3.00 bits per heavy atom. The zero-order valence-electron chi connectivity index (χ0n) is 10.5. The van der Waals surface area contributed by atoms with E-state index in [1.165, 1.54) is 0 Å². The van der Waals surface area contributed by atoms with E-state index >= 15 is 0 Å². The molecule has 0 saturated carbocycles. The van der Waals surface area contributed by atoms with Gasteiger partial charge in [-0.3, -0.25) is 0 Å². The highest BCUT2D eigenvalue weighted by Gasteiger charge is 2.25. The Balaban J connectivity index is 2.11. The summed E-state index contributed by atoms with van der Waals surface area (Å²) in [7, 11) is 1.81. The van der Waals surface area contributed by atoms with Crippen LogP contribution in [0.5, 0.6) is 0 Å². The van der Waals surface area contributed by atoms with Gasteiger partial charge >= 0.3 is 0 Å². The molecule has 1 saturated heterocycles. The van der Waals surface area contributed by atoms with Gasteiger partial charge in [-0.15, -0.1) is 0 Å². The van der Waals surface area contributed by atoms with Gasteiger partial charge < -0.3 is 15.3 Å². The average Bonchev–Trinajstić information content (AvgIpc) is 2.50. The number of aliphatic hydroxyl groups is 1. The lowest BCUT2D eigenvalue weighted by Crippen LogP contribution is -2.28. The van der Waals surface area contributed by atoms with Crippen LogP contribution >= 0.6 is 0 Å². The largest absolute Gasteiger partial charge is 0.390 e. The zero-order chi connectivity index (χ0) is 12.3. The first-order valence-electron chi connectivity index (χ1n) is 6.09. The van der Waals surface area contributed by atoms with Crippen LogP contribution < -0.4 is 10.2 Å². The van der Waals surface area contributed by atoms with Crippen molar-refractivity contribution in [3.8, 4) is 0 Å². The maximum Gasteiger partial charge on any atom is 0.224 e. The molecule has 1 aromatic heterocycles. The van der Waals surface area contributed by atoms with Crippen molar-refractivity contribution in [3.05, 3.63) is 12.3 Å². The maximum absolute atomic E-state index is 10.0. The van der Waals surface area contributed by atoms with Crippen molar-refractivity contribution in [2.45, 2.75) is 31.8 Å². The van der Waals surface area contributed by atoms with E-state index in [1.54, 1.807) is 6.20 Å². The second-order valence-corrected chi connectivity index (χ2v) is 4.83. The molecular weight excluding hydrogens is 216 g/mol. The molecular formula is C12H20N4O. The normalized spacial score (nSPS) is 25.5. The summed E-state index contributed by atoms with van der Waals surface area (Å²) >= 11 is 0. The van der Waals surface area contributed by atoms with Crippen LogP contribution in [0, 0.1) is 0 Å². The molecule has 1 aliphatic rings. The molecule has 5 nitrogen and oxygen atoms in total. The fourth-order valence-electron chi connectivity index (χ4n) is 2.14. The van der Waals surface area contributed by atoms with Gasteiger partial charge in [-0.25, -0.2) is 4.98 Å². The molecule has 0 amide bonds.